The molecule has 0 amide bonds. The maximum absolute atomic E-state index is 10.9. The van der Waals surface area contributed by atoms with Crippen LogP contribution in [0.2, 0.25) is 0 Å². The van der Waals surface area contributed by atoms with E-state index < -0.39 is 6.10 Å². The molecule has 21 heavy (non-hydrogen) atoms. The van der Waals surface area contributed by atoms with E-state index in [4.69, 9.17) is 4.74 Å². The molecule has 1 aliphatic carbocycles. The first-order chi connectivity index (χ1) is 10.2. The third kappa shape index (κ3) is 2.83. The van der Waals surface area contributed by atoms with E-state index >= 15 is 0 Å². The molecule has 0 saturated carbocycles. The summed E-state index contributed by atoms with van der Waals surface area (Å²) in [5.74, 6) is 0.741. The highest BCUT2D eigenvalue weighted by atomic mass is 79.9. The minimum atomic E-state index is -0.595. The summed E-state index contributed by atoms with van der Waals surface area (Å²) in [6, 6.07) is 9.82. The Labute approximate surface area is 133 Å². The number of ether oxygens (including phenoxy) is 1. The molecule has 0 spiro atoms. The predicted octanol–water partition coefficient (Wildman–Crippen LogP) is 4.01. The van der Waals surface area contributed by atoms with Crippen molar-refractivity contribution in [3.05, 3.63) is 57.8 Å². The zero-order valence-electron chi connectivity index (χ0n) is 11.9. The molecule has 2 unspecified atom stereocenters. The highest BCUT2D eigenvalue weighted by molar-refractivity contribution is 9.10. The van der Waals surface area contributed by atoms with Gasteiger partial charge in [-0.15, -0.1) is 0 Å². The summed E-state index contributed by atoms with van der Waals surface area (Å²) in [5, 5.41) is 10.9. The van der Waals surface area contributed by atoms with Crippen molar-refractivity contribution in [1.29, 1.82) is 0 Å². The first kappa shape index (κ1) is 14.5. The second kappa shape index (κ2) is 6.16. The van der Waals surface area contributed by atoms with E-state index in [9.17, 15) is 5.11 Å². The molecule has 0 bridgehead atoms. The van der Waals surface area contributed by atoms with Crippen LogP contribution in [0.1, 0.15) is 41.7 Å². The third-order valence-corrected chi connectivity index (χ3v) is 4.63. The third-order valence-electron chi connectivity index (χ3n) is 4.13. The molecule has 1 aliphatic rings. The number of aliphatic hydroxyl groups is 1. The van der Waals surface area contributed by atoms with Crippen LogP contribution in [-0.2, 0) is 6.42 Å². The van der Waals surface area contributed by atoms with Gasteiger partial charge in [0.25, 0.3) is 0 Å². The maximum Gasteiger partial charge on any atom is 0.125 e. The van der Waals surface area contributed by atoms with Crippen molar-refractivity contribution in [2.24, 2.45) is 0 Å². The van der Waals surface area contributed by atoms with E-state index in [0.717, 1.165) is 35.0 Å². The van der Waals surface area contributed by atoms with Crippen molar-refractivity contribution in [2.75, 3.05) is 7.11 Å². The van der Waals surface area contributed by atoms with Crippen molar-refractivity contribution in [2.45, 2.75) is 31.3 Å². The summed E-state index contributed by atoms with van der Waals surface area (Å²) in [6.07, 6.45) is 4.29. The van der Waals surface area contributed by atoms with Crippen molar-refractivity contribution < 1.29 is 9.84 Å². The number of halogens is 1. The van der Waals surface area contributed by atoms with Gasteiger partial charge < -0.3 is 9.84 Å². The van der Waals surface area contributed by atoms with Gasteiger partial charge in [0.15, 0.2) is 0 Å². The summed E-state index contributed by atoms with van der Waals surface area (Å²) >= 11 is 3.43. The first-order valence-electron chi connectivity index (χ1n) is 7.16. The van der Waals surface area contributed by atoms with Gasteiger partial charge >= 0.3 is 0 Å². The Morgan fingerprint density at radius 2 is 2.24 bits per heavy atom. The molecule has 4 heteroatoms. The van der Waals surface area contributed by atoms with Crippen molar-refractivity contribution in [1.82, 2.24) is 4.98 Å². The summed E-state index contributed by atoms with van der Waals surface area (Å²) in [4.78, 5) is 4.51. The molecule has 2 atom stereocenters. The van der Waals surface area contributed by atoms with Gasteiger partial charge in [0, 0.05) is 27.8 Å². The lowest BCUT2D eigenvalue weighted by molar-refractivity contribution is 0.130. The van der Waals surface area contributed by atoms with E-state index in [1.807, 2.05) is 30.5 Å². The van der Waals surface area contributed by atoms with Crippen LogP contribution in [0.25, 0.3) is 0 Å². The average molecular weight is 348 g/mol. The summed E-state index contributed by atoms with van der Waals surface area (Å²) < 4.78 is 6.36. The Balaban J connectivity index is 1.98. The van der Waals surface area contributed by atoms with E-state index in [-0.39, 0.29) is 5.92 Å². The number of aryl methyl sites for hydroxylation is 1. The number of rotatable bonds is 3. The van der Waals surface area contributed by atoms with Crippen molar-refractivity contribution >= 4 is 15.9 Å². The van der Waals surface area contributed by atoms with Crippen molar-refractivity contribution in [3.8, 4) is 5.75 Å². The fraction of sp³-hybridized carbons (Fsp3) is 0.353. The SMILES string of the molecule is COc1cc(Br)ccc1C(O)C1CCCc2cccnc21. The molecule has 0 fully saturated rings. The van der Waals surface area contributed by atoms with Gasteiger partial charge in [0.2, 0.25) is 0 Å². The zero-order chi connectivity index (χ0) is 14.8. The van der Waals surface area contributed by atoms with Gasteiger partial charge in [-0.05, 0) is 43.0 Å². The topological polar surface area (TPSA) is 42.4 Å². The fourth-order valence-electron chi connectivity index (χ4n) is 3.10. The average Bonchev–Trinajstić information content (AvgIpc) is 2.53. The zero-order valence-corrected chi connectivity index (χ0v) is 13.5. The Bertz CT molecular complexity index is 644. The number of nitrogens with zero attached hydrogens (tertiary/aromatic N) is 1. The molecule has 2 aromatic rings. The molecule has 3 rings (SSSR count). The minimum absolute atomic E-state index is 0.0324. The number of hydrogen-bond donors (Lipinski definition) is 1. The normalized spacial score (nSPS) is 18.9. The van der Waals surface area contributed by atoms with Crippen LogP contribution in [0, 0.1) is 0 Å². The molecule has 0 aliphatic heterocycles. The molecule has 1 aromatic heterocycles. The van der Waals surface area contributed by atoms with Crippen LogP contribution < -0.4 is 4.74 Å². The van der Waals surface area contributed by atoms with Crippen LogP contribution in [-0.4, -0.2) is 17.2 Å². The van der Waals surface area contributed by atoms with Crippen LogP contribution in [0.4, 0.5) is 0 Å². The highest BCUT2D eigenvalue weighted by Gasteiger charge is 2.30. The second-order valence-electron chi connectivity index (χ2n) is 5.38. The predicted molar refractivity (Wildman–Crippen MR) is 85.6 cm³/mol. The molecule has 1 heterocycles. The van der Waals surface area contributed by atoms with E-state index in [1.165, 1.54) is 5.56 Å². The largest absolute Gasteiger partial charge is 0.496 e. The maximum atomic E-state index is 10.9. The Morgan fingerprint density at radius 1 is 1.38 bits per heavy atom. The molecule has 0 radical (unpaired) electrons. The van der Waals surface area contributed by atoms with Crippen LogP contribution in [0.5, 0.6) is 5.75 Å². The van der Waals surface area contributed by atoms with Crippen molar-refractivity contribution in [3.63, 3.8) is 0 Å². The molecule has 3 nitrogen and oxygen atoms in total. The number of aromatic nitrogens is 1. The van der Waals surface area contributed by atoms with Gasteiger partial charge in [-0.3, -0.25) is 4.98 Å². The van der Waals surface area contributed by atoms with Gasteiger partial charge in [-0.1, -0.05) is 28.1 Å². The number of fused-ring (bicyclic) bond motifs is 1. The monoisotopic (exact) mass is 347 g/mol. The Hall–Kier alpha value is -1.39. The minimum Gasteiger partial charge on any atom is -0.496 e. The summed E-state index contributed by atoms with van der Waals surface area (Å²) in [6.45, 7) is 0. The fourth-order valence-corrected chi connectivity index (χ4v) is 3.44. The van der Waals surface area contributed by atoms with Gasteiger partial charge in [0.05, 0.1) is 13.2 Å². The summed E-state index contributed by atoms with van der Waals surface area (Å²) in [7, 11) is 1.63. The molecule has 0 saturated heterocycles. The molecular formula is C17H18BrNO2. The number of hydrogen-bond acceptors (Lipinski definition) is 3. The van der Waals surface area contributed by atoms with Crippen LogP contribution in [0.3, 0.4) is 0 Å². The lowest BCUT2D eigenvalue weighted by Crippen LogP contribution is -2.19. The molecule has 110 valence electrons. The van der Waals surface area contributed by atoms with Crippen LogP contribution in [0.15, 0.2) is 41.0 Å². The number of pyridine rings is 1. The summed E-state index contributed by atoms with van der Waals surface area (Å²) in [5.41, 5.74) is 3.11. The van der Waals surface area contributed by atoms with Gasteiger partial charge in [0.1, 0.15) is 5.75 Å². The highest BCUT2D eigenvalue weighted by Crippen LogP contribution is 2.42. The van der Waals surface area contributed by atoms with E-state index in [0.29, 0.717) is 5.75 Å². The molecule has 1 N–H and O–H groups in total. The van der Waals surface area contributed by atoms with Crippen LogP contribution >= 0.6 is 15.9 Å². The van der Waals surface area contributed by atoms with Gasteiger partial charge in [-0.25, -0.2) is 0 Å². The lowest BCUT2D eigenvalue weighted by Gasteiger charge is -2.29. The quantitative estimate of drug-likeness (QED) is 0.912. The number of methoxy groups -OCH3 is 1. The van der Waals surface area contributed by atoms with E-state index in [2.05, 4.69) is 27.0 Å². The van der Waals surface area contributed by atoms with Gasteiger partial charge in [-0.2, -0.15) is 0 Å². The Morgan fingerprint density at radius 3 is 3.05 bits per heavy atom. The number of benzene rings is 1. The van der Waals surface area contributed by atoms with E-state index in [1.54, 1.807) is 7.11 Å². The molecule has 1 aromatic carbocycles. The standard InChI is InChI=1S/C17H18BrNO2/c1-21-15-10-12(18)7-8-13(15)17(20)14-6-2-4-11-5-3-9-19-16(11)14/h3,5,7-10,14,17,20H,2,4,6H2,1H3. The lowest BCUT2D eigenvalue weighted by atomic mass is 9.81. The Kier molecular flexibility index (Phi) is 4.27. The molecular weight excluding hydrogens is 330 g/mol. The number of aliphatic hydroxyl groups excluding tert-OH is 1. The second-order valence-corrected chi connectivity index (χ2v) is 6.29. The smallest absolute Gasteiger partial charge is 0.125 e. The first-order valence-corrected chi connectivity index (χ1v) is 7.95.